The van der Waals surface area contributed by atoms with E-state index in [1.165, 1.54) is 0 Å². The summed E-state index contributed by atoms with van der Waals surface area (Å²) in [7, 11) is -3.61. The van der Waals surface area contributed by atoms with E-state index >= 15 is 0 Å². The number of hydrogen-bond donors (Lipinski definition) is 1. The van der Waals surface area contributed by atoms with Gasteiger partial charge in [-0.1, -0.05) is 0 Å². The van der Waals surface area contributed by atoms with Crippen molar-refractivity contribution in [2.75, 3.05) is 5.73 Å². The molecule has 6 heteroatoms. The lowest BCUT2D eigenvalue weighted by Gasteiger charge is -2.22. The third-order valence-corrected chi connectivity index (χ3v) is 3.57. The molecule has 0 saturated carbocycles. The minimum absolute atomic E-state index is 0.261. The quantitative estimate of drug-likeness (QED) is 0.633. The normalized spacial score (nSPS) is 12.1. The molecule has 0 bridgehead atoms. The largest absolute Gasteiger partial charge is 0.530 e. The van der Waals surface area contributed by atoms with Gasteiger partial charge >= 0.3 is 7.82 Å². The second kappa shape index (κ2) is 6.23. The van der Waals surface area contributed by atoms with Crippen molar-refractivity contribution >= 4 is 13.5 Å². The van der Waals surface area contributed by atoms with Crippen LogP contribution >= 0.6 is 7.82 Å². The average Bonchev–Trinajstić information content (AvgIpc) is 2.18. The van der Waals surface area contributed by atoms with Crippen LogP contribution in [-0.4, -0.2) is 12.2 Å². The Morgan fingerprint density at radius 1 is 1.00 bits per heavy atom. The van der Waals surface area contributed by atoms with E-state index in [4.69, 9.17) is 19.3 Å². The molecule has 0 aromatic heterocycles. The van der Waals surface area contributed by atoms with E-state index in [9.17, 15) is 4.57 Å². The number of benzene rings is 1. The molecule has 2 N–H and O–H groups in total. The molecule has 0 amide bonds. The van der Waals surface area contributed by atoms with Crippen LogP contribution in [0.25, 0.3) is 0 Å². The molecule has 5 nitrogen and oxygen atoms in total. The van der Waals surface area contributed by atoms with Crippen LogP contribution in [0.3, 0.4) is 0 Å². The van der Waals surface area contributed by atoms with Crippen molar-refractivity contribution < 1.29 is 18.1 Å². The number of nitrogens with two attached hydrogens (primary N) is 1. The fraction of sp³-hybridized carbons (Fsp3) is 0.500. The molecule has 0 atom stereocenters. The van der Waals surface area contributed by atoms with E-state index in [1.807, 2.05) is 0 Å². The van der Waals surface area contributed by atoms with E-state index in [0.717, 1.165) is 0 Å². The molecular weight excluding hydrogens is 253 g/mol. The predicted molar refractivity (Wildman–Crippen MR) is 71.5 cm³/mol. The van der Waals surface area contributed by atoms with Crippen molar-refractivity contribution in [1.29, 1.82) is 0 Å². The zero-order valence-corrected chi connectivity index (χ0v) is 12.0. The van der Waals surface area contributed by atoms with Crippen molar-refractivity contribution in [3.8, 4) is 5.75 Å². The zero-order chi connectivity index (χ0) is 13.8. The second-order valence-electron chi connectivity index (χ2n) is 4.42. The molecule has 0 aliphatic carbocycles. The topological polar surface area (TPSA) is 70.8 Å². The standard InChI is InChI=1S/C12H20NO4P/c1-9(2)15-18(14,16-10(3)4)17-12-7-5-11(13)6-8-12/h5-10H,13H2,1-4H3. The SMILES string of the molecule is CC(C)OP(=O)(Oc1ccc(N)cc1)OC(C)C. The van der Waals surface area contributed by atoms with Gasteiger partial charge in [-0.25, -0.2) is 4.57 Å². The molecule has 102 valence electrons. The zero-order valence-electron chi connectivity index (χ0n) is 11.1. The number of hydrogen-bond acceptors (Lipinski definition) is 5. The smallest absolute Gasteiger partial charge is 0.404 e. The minimum atomic E-state index is -3.61. The molecule has 0 fully saturated rings. The molecule has 0 radical (unpaired) electrons. The fourth-order valence-corrected chi connectivity index (χ4v) is 2.79. The van der Waals surface area contributed by atoms with Crippen molar-refractivity contribution in [3.63, 3.8) is 0 Å². The Hall–Kier alpha value is -1.03. The van der Waals surface area contributed by atoms with Gasteiger partial charge in [-0.15, -0.1) is 0 Å². The number of phosphoric ester groups is 1. The summed E-state index contributed by atoms with van der Waals surface area (Å²) < 4.78 is 28.2. The molecule has 1 rings (SSSR count). The first-order chi connectivity index (χ1) is 8.31. The summed E-state index contributed by atoms with van der Waals surface area (Å²) in [5.41, 5.74) is 6.17. The van der Waals surface area contributed by atoms with Crippen molar-refractivity contribution in [2.45, 2.75) is 39.9 Å². The van der Waals surface area contributed by atoms with Gasteiger partial charge in [0.25, 0.3) is 0 Å². The van der Waals surface area contributed by atoms with Crippen LogP contribution in [0.2, 0.25) is 0 Å². The number of nitrogen functional groups attached to an aromatic ring is 1. The summed E-state index contributed by atoms with van der Waals surface area (Å²) in [5, 5.41) is 0. The van der Waals surface area contributed by atoms with Crippen LogP contribution in [-0.2, 0) is 13.6 Å². The summed E-state index contributed by atoms with van der Waals surface area (Å²) in [6.45, 7) is 7.07. The molecule has 0 aliphatic rings. The highest BCUT2D eigenvalue weighted by atomic mass is 31.2. The van der Waals surface area contributed by atoms with Crippen LogP contribution in [0.4, 0.5) is 5.69 Å². The van der Waals surface area contributed by atoms with E-state index in [0.29, 0.717) is 11.4 Å². The molecule has 0 saturated heterocycles. The molecule has 1 aromatic rings. The maximum absolute atomic E-state index is 12.4. The first-order valence-corrected chi connectivity index (χ1v) is 7.29. The highest BCUT2D eigenvalue weighted by Crippen LogP contribution is 2.51. The summed E-state index contributed by atoms with van der Waals surface area (Å²) in [6.07, 6.45) is -0.522. The number of rotatable bonds is 6. The highest BCUT2D eigenvalue weighted by molar-refractivity contribution is 7.49. The summed E-state index contributed by atoms with van der Waals surface area (Å²) >= 11 is 0. The van der Waals surface area contributed by atoms with E-state index in [1.54, 1.807) is 52.0 Å². The molecule has 0 aliphatic heterocycles. The van der Waals surface area contributed by atoms with Gasteiger partial charge in [0.2, 0.25) is 0 Å². The van der Waals surface area contributed by atoms with Gasteiger partial charge in [0.1, 0.15) is 5.75 Å². The maximum atomic E-state index is 12.4. The molecule has 0 unspecified atom stereocenters. The Morgan fingerprint density at radius 2 is 1.44 bits per heavy atom. The van der Waals surface area contributed by atoms with Crippen molar-refractivity contribution in [2.24, 2.45) is 0 Å². The Kier molecular flexibility index (Phi) is 5.20. The monoisotopic (exact) mass is 273 g/mol. The third-order valence-electron chi connectivity index (χ3n) is 1.78. The van der Waals surface area contributed by atoms with Crippen molar-refractivity contribution in [1.82, 2.24) is 0 Å². The first-order valence-electron chi connectivity index (χ1n) is 5.83. The molecular formula is C12H20NO4P. The highest BCUT2D eigenvalue weighted by Gasteiger charge is 2.31. The van der Waals surface area contributed by atoms with Crippen LogP contribution < -0.4 is 10.3 Å². The summed E-state index contributed by atoms with van der Waals surface area (Å²) in [5.74, 6) is 0.397. The van der Waals surface area contributed by atoms with Crippen LogP contribution in [0.15, 0.2) is 24.3 Å². The molecule has 18 heavy (non-hydrogen) atoms. The minimum Gasteiger partial charge on any atom is -0.404 e. The molecule has 0 heterocycles. The van der Waals surface area contributed by atoms with Crippen LogP contribution in [0.5, 0.6) is 5.75 Å². The van der Waals surface area contributed by atoms with Gasteiger partial charge in [0.05, 0.1) is 12.2 Å². The van der Waals surface area contributed by atoms with Crippen molar-refractivity contribution in [3.05, 3.63) is 24.3 Å². The number of phosphoric acid groups is 1. The Bertz CT molecular complexity index is 403. The summed E-state index contributed by atoms with van der Waals surface area (Å²) in [4.78, 5) is 0. The molecule has 0 spiro atoms. The lowest BCUT2D eigenvalue weighted by Crippen LogP contribution is -2.11. The molecule has 1 aromatic carbocycles. The first kappa shape index (κ1) is 15.0. The van der Waals surface area contributed by atoms with Gasteiger partial charge in [-0.05, 0) is 52.0 Å². The van der Waals surface area contributed by atoms with Crippen LogP contribution in [0.1, 0.15) is 27.7 Å². The predicted octanol–water partition coefficient (Wildman–Crippen LogP) is 3.61. The fourth-order valence-electron chi connectivity index (χ4n) is 1.24. The maximum Gasteiger partial charge on any atom is 0.530 e. The average molecular weight is 273 g/mol. The third kappa shape index (κ3) is 5.08. The lowest BCUT2D eigenvalue weighted by atomic mass is 10.3. The summed E-state index contributed by atoms with van der Waals surface area (Å²) in [6, 6.07) is 6.56. The van der Waals surface area contributed by atoms with Gasteiger partial charge < -0.3 is 10.3 Å². The van der Waals surface area contributed by atoms with Gasteiger partial charge in [-0.2, -0.15) is 0 Å². The van der Waals surface area contributed by atoms with Gasteiger partial charge in [-0.3, -0.25) is 9.05 Å². The Morgan fingerprint density at radius 3 is 1.83 bits per heavy atom. The Labute approximate surface area is 108 Å². The Balaban J connectivity index is 2.84. The number of anilines is 1. The second-order valence-corrected chi connectivity index (χ2v) is 5.91. The van der Waals surface area contributed by atoms with E-state index in [-0.39, 0.29) is 12.2 Å². The van der Waals surface area contributed by atoms with Gasteiger partial charge in [0, 0.05) is 5.69 Å². The van der Waals surface area contributed by atoms with Crippen LogP contribution in [0, 0.1) is 0 Å². The van der Waals surface area contributed by atoms with E-state index < -0.39 is 7.82 Å². The van der Waals surface area contributed by atoms with Gasteiger partial charge in [0.15, 0.2) is 0 Å². The van der Waals surface area contributed by atoms with E-state index in [2.05, 4.69) is 0 Å². The lowest BCUT2D eigenvalue weighted by molar-refractivity contribution is 0.103.